The van der Waals surface area contributed by atoms with Crippen molar-refractivity contribution in [1.29, 1.82) is 0 Å². The number of fused-ring (bicyclic) bond motifs is 1. The van der Waals surface area contributed by atoms with Gasteiger partial charge in [0, 0.05) is 19.4 Å². The van der Waals surface area contributed by atoms with Gasteiger partial charge in [-0.3, -0.25) is 0 Å². The molecule has 0 aromatic heterocycles. The first-order chi connectivity index (χ1) is 12.5. The van der Waals surface area contributed by atoms with Crippen LogP contribution in [0, 0.1) is 5.92 Å². The van der Waals surface area contributed by atoms with Crippen molar-refractivity contribution >= 4 is 10.1 Å². The van der Waals surface area contributed by atoms with Gasteiger partial charge in [-0.2, -0.15) is 21.6 Å². The molecule has 0 saturated carbocycles. The molecule has 0 amide bonds. The Morgan fingerprint density at radius 3 is 2.70 bits per heavy atom. The molecule has 0 aromatic carbocycles. The van der Waals surface area contributed by atoms with E-state index in [1.807, 2.05) is 0 Å². The molecule has 3 aliphatic rings. The molecule has 3 aliphatic heterocycles. The number of halogens is 3. The minimum absolute atomic E-state index is 0.126. The Balaban J connectivity index is 1.59. The summed E-state index contributed by atoms with van der Waals surface area (Å²) in [4.78, 5) is 0. The molecule has 2 bridgehead atoms. The molecule has 1 spiro atoms. The summed E-state index contributed by atoms with van der Waals surface area (Å²) < 4.78 is 86.8. The summed E-state index contributed by atoms with van der Waals surface area (Å²) in [5.41, 5.74) is -6.10. The number of rotatable bonds is 6. The van der Waals surface area contributed by atoms with E-state index in [0.29, 0.717) is 25.9 Å². The van der Waals surface area contributed by atoms with Crippen molar-refractivity contribution < 1.29 is 44.7 Å². The zero-order valence-electron chi connectivity index (χ0n) is 15.0. The number of alkyl halides is 3. The lowest BCUT2D eigenvalue weighted by molar-refractivity contribution is -0.231. The van der Waals surface area contributed by atoms with Crippen molar-refractivity contribution in [1.82, 2.24) is 0 Å². The van der Waals surface area contributed by atoms with E-state index in [9.17, 15) is 21.6 Å². The van der Waals surface area contributed by atoms with E-state index in [1.165, 1.54) is 0 Å². The van der Waals surface area contributed by atoms with Gasteiger partial charge in [-0.15, -0.1) is 0 Å². The van der Waals surface area contributed by atoms with Gasteiger partial charge in [0.05, 0.1) is 18.8 Å². The molecule has 0 N–H and O–H groups in total. The van der Waals surface area contributed by atoms with Gasteiger partial charge < -0.3 is 23.1 Å². The highest BCUT2D eigenvalue weighted by Gasteiger charge is 2.58. The average molecular weight is 416 g/mol. The van der Waals surface area contributed by atoms with E-state index < -0.39 is 39.2 Å². The highest BCUT2D eigenvalue weighted by molar-refractivity contribution is 7.87. The van der Waals surface area contributed by atoms with Crippen LogP contribution in [-0.4, -0.2) is 57.8 Å². The summed E-state index contributed by atoms with van der Waals surface area (Å²) >= 11 is 0. The largest absolute Gasteiger partial charge is 0.534 e. The van der Waals surface area contributed by atoms with Gasteiger partial charge >= 0.3 is 15.6 Å². The monoisotopic (exact) mass is 416 g/mol. The first-order valence-electron chi connectivity index (χ1n) is 8.64. The van der Waals surface area contributed by atoms with E-state index in [0.717, 1.165) is 0 Å². The molecule has 0 radical (unpaired) electrons. The van der Waals surface area contributed by atoms with Crippen LogP contribution in [0.5, 0.6) is 0 Å². The second-order valence-corrected chi connectivity index (χ2v) is 8.79. The van der Waals surface area contributed by atoms with E-state index in [-0.39, 0.29) is 24.7 Å². The van der Waals surface area contributed by atoms with E-state index in [1.54, 1.807) is 14.0 Å². The third-order valence-electron chi connectivity index (χ3n) is 5.32. The molecule has 1 unspecified atom stereocenters. The van der Waals surface area contributed by atoms with E-state index in [4.69, 9.17) is 18.9 Å². The maximum atomic E-state index is 12.4. The first-order valence-corrected chi connectivity index (χ1v) is 10.1. The molecule has 11 heteroatoms. The quantitative estimate of drug-likeness (QED) is 0.374. The van der Waals surface area contributed by atoms with Gasteiger partial charge in [0.25, 0.3) is 0 Å². The normalized spacial score (nSPS) is 37.5. The predicted octanol–water partition coefficient (Wildman–Crippen LogP) is 2.47. The van der Waals surface area contributed by atoms with Crippen LogP contribution in [0.1, 0.15) is 32.6 Å². The second-order valence-electron chi connectivity index (χ2n) is 7.25. The maximum absolute atomic E-state index is 12.4. The minimum Gasteiger partial charge on any atom is -0.381 e. The Bertz CT molecular complexity index is 680. The molecule has 3 rings (SSSR count). The first kappa shape index (κ1) is 20.8. The molecule has 27 heavy (non-hydrogen) atoms. The Hall–Kier alpha value is -0.880. The van der Waals surface area contributed by atoms with Crippen molar-refractivity contribution in [3.63, 3.8) is 0 Å². The molecule has 3 heterocycles. The van der Waals surface area contributed by atoms with E-state index in [2.05, 4.69) is 10.8 Å². The summed E-state index contributed by atoms with van der Waals surface area (Å²) in [6.07, 6.45) is 1.14. The zero-order chi connectivity index (χ0) is 20.0. The van der Waals surface area contributed by atoms with Gasteiger partial charge in [0.1, 0.15) is 17.5 Å². The molecule has 156 valence electrons. The predicted molar refractivity (Wildman–Crippen MR) is 85.8 cm³/mol. The topological polar surface area (TPSA) is 80.3 Å². The van der Waals surface area contributed by atoms with Gasteiger partial charge in [-0.05, 0) is 19.3 Å². The molecular formula is C16H23F3O7S. The number of hydrogen-bond acceptors (Lipinski definition) is 7. The van der Waals surface area contributed by atoms with Crippen molar-refractivity contribution in [2.24, 2.45) is 5.92 Å². The Kier molecular flexibility index (Phi) is 5.54. The number of methoxy groups -OCH3 is 1. The molecule has 6 atom stereocenters. The SMILES string of the molecule is C=C(OS(=O)(=O)C(F)(F)F)C(C)C[C@H]1CC[C@@H]2O[C@@H]3C[C@]2(CO[C@H]3OC)O1. The summed E-state index contributed by atoms with van der Waals surface area (Å²) in [6.45, 7) is 5.20. The van der Waals surface area contributed by atoms with Gasteiger partial charge in [0.2, 0.25) is 0 Å². The minimum atomic E-state index is -5.72. The fourth-order valence-corrected chi connectivity index (χ4v) is 4.44. The Morgan fingerprint density at radius 2 is 2.07 bits per heavy atom. The highest BCUT2D eigenvalue weighted by Crippen LogP contribution is 2.47. The lowest BCUT2D eigenvalue weighted by Crippen LogP contribution is -2.54. The van der Waals surface area contributed by atoms with Crippen LogP contribution in [-0.2, 0) is 33.2 Å². The lowest BCUT2D eigenvalue weighted by atomic mass is 9.84. The molecular weight excluding hydrogens is 393 g/mol. The van der Waals surface area contributed by atoms with E-state index >= 15 is 0 Å². The zero-order valence-corrected chi connectivity index (χ0v) is 15.8. The second kappa shape index (κ2) is 7.18. The Labute approximate surface area is 155 Å². The third kappa shape index (κ3) is 3.98. The number of hydrogen-bond donors (Lipinski definition) is 0. The molecule has 0 aromatic rings. The summed E-state index contributed by atoms with van der Waals surface area (Å²) in [7, 11) is -4.17. The number of ether oxygens (including phenoxy) is 4. The third-order valence-corrected chi connectivity index (χ3v) is 6.32. The molecule has 3 fully saturated rings. The maximum Gasteiger partial charge on any atom is 0.534 e. The van der Waals surface area contributed by atoms with Crippen molar-refractivity contribution in [2.75, 3.05) is 13.7 Å². The average Bonchev–Trinajstić information content (AvgIpc) is 2.85. The van der Waals surface area contributed by atoms with Crippen LogP contribution < -0.4 is 0 Å². The van der Waals surface area contributed by atoms with Gasteiger partial charge in [0.15, 0.2) is 6.29 Å². The fraction of sp³-hybridized carbons (Fsp3) is 0.875. The molecule has 7 nitrogen and oxygen atoms in total. The Morgan fingerprint density at radius 1 is 1.37 bits per heavy atom. The number of allylic oxidation sites excluding steroid dienone is 1. The van der Waals surface area contributed by atoms with Crippen LogP contribution >= 0.6 is 0 Å². The van der Waals surface area contributed by atoms with Crippen molar-refractivity contribution in [3.05, 3.63) is 12.3 Å². The van der Waals surface area contributed by atoms with Crippen LogP contribution in [0.4, 0.5) is 13.2 Å². The smallest absolute Gasteiger partial charge is 0.381 e. The van der Waals surface area contributed by atoms with Crippen molar-refractivity contribution in [3.8, 4) is 0 Å². The van der Waals surface area contributed by atoms with Crippen LogP contribution in [0.25, 0.3) is 0 Å². The molecule has 3 saturated heterocycles. The summed E-state index contributed by atoms with van der Waals surface area (Å²) in [5, 5.41) is 0. The van der Waals surface area contributed by atoms with Gasteiger partial charge in [-0.1, -0.05) is 13.5 Å². The summed E-state index contributed by atoms with van der Waals surface area (Å²) in [6, 6.07) is 0. The highest BCUT2D eigenvalue weighted by atomic mass is 32.2. The summed E-state index contributed by atoms with van der Waals surface area (Å²) in [5.74, 6) is -1.11. The fourth-order valence-electron chi connectivity index (χ4n) is 3.90. The lowest BCUT2D eigenvalue weighted by Gasteiger charge is -2.43. The van der Waals surface area contributed by atoms with Crippen molar-refractivity contribution in [2.45, 2.75) is 68.3 Å². The van der Waals surface area contributed by atoms with Crippen LogP contribution in [0.15, 0.2) is 12.3 Å². The van der Waals surface area contributed by atoms with Crippen LogP contribution in [0.3, 0.4) is 0 Å². The standard InChI is InChI=1S/C16H23F3O7S/c1-9(10(2)26-27(20,21)16(17,18)19)6-11-4-5-13-15(25-11)7-12(24-13)14(22-3)23-8-15/h9,11-14H,2,4-8H2,1,3H3/t9?,11-,12-,13+,14-,15-/m1/s1. The molecule has 0 aliphatic carbocycles. The van der Waals surface area contributed by atoms with Crippen LogP contribution in [0.2, 0.25) is 0 Å². The van der Waals surface area contributed by atoms with Gasteiger partial charge in [-0.25, -0.2) is 0 Å².